The molecule has 0 amide bonds. The van der Waals surface area contributed by atoms with E-state index >= 15 is 0 Å². The van der Waals surface area contributed by atoms with Crippen molar-refractivity contribution in [3.05, 3.63) is 28.7 Å². The minimum absolute atomic E-state index is 0.201. The minimum Gasteiger partial charge on any atom is -0.301 e. The summed E-state index contributed by atoms with van der Waals surface area (Å²) >= 11 is 3.31. The summed E-state index contributed by atoms with van der Waals surface area (Å²) in [5.74, 6) is 0.201. The normalized spacial score (nSPS) is 13.7. The lowest BCUT2D eigenvalue weighted by Gasteiger charge is -2.26. The first-order chi connectivity index (χ1) is 8.90. The van der Waals surface area contributed by atoms with Crippen LogP contribution in [-0.4, -0.2) is 38.2 Å². The Hall–Kier alpha value is -0.390. The molecule has 1 unspecified atom stereocenters. The summed E-state index contributed by atoms with van der Waals surface area (Å²) in [5, 5.41) is 0. The lowest BCUT2D eigenvalue weighted by molar-refractivity contribution is 0.227. The number of sulfone groups is 1. The van der Waals surface area contributed by atoms with Crippen LogP contribution >= 0.6 is 15.9 Å². The molecule has 0 heterocycles. The highest BCUT2D eigenvalue weighted by Gasteiger charge is 2.18. The molecule has 5 heteroatoms. The van der Waals surface area contributed by atoms with E-state index in [-0.39, 0.29) is 5.75 Å². The molecule has 0 saturated heterocycles. The number of benzene rings is 1. The van der Waals surface area contributed by atoms with E-state index in [2.05, 4.69) is 41.6 Å². The van der Waals surface area contributed by atoms with Gasteiger partial charge in [-0.05, 0) is 50.7 Å². The van der Waals surface area contributed by atoms with Gasteiger partial charge in [0.15, 0.2) is 9.84 Å². The lowest BCUT2D eigenvalue weighted by Crippen LogP contribution is -2.34. The van der Waals surface area contributed by atoms with Crippen LogP contribution in [0, 0.1) is 0 Å². The van der Waals surface area contributed by atoms with Crippen molar-refractivity contribution in [1.82, 2.24) is 4.90 Å². The van der Waals surface area contributed by atoms with E-state index in [1.165, 1.54) is 0 Å². The zero-order valence-corrected chi connectivity index (χ0v) is 14.2. The van der Waals surface area contributed by atoms with E-state index < -0.39 is 9.84 Å². The van der Waals surface area contributed by atoms with Crippen LogP contribution in [0.1, 0.15) is 27.2 Å². The summed E-state index contributed by atoms with van der Waals surface area (Å²) in [5.41, 5.74) is 0. The Labute approximate surface area is 125 Å². The van der Waals surface area contributed by atoms with Gasteiger partial charge < -0.3 is 4.90 Å². The van der Waals surface area contributed by atoms with Gasteiger partial charge in [-0.25, -0.2) is 8.42 Å². The Morgan fingerprint density at radius 1 is 1.16 bits per heavy atom. The first kappa shape index (κ1) is 16.7. The third-order valence-electron chi connectivity index (χ3n) is 3.41. The number of nitrogens with zero attached hydrogens (tertiary/aromatic N) is 1. The molecule has 1 atom stereocenters. The van der Waals surface area contributed by atoms with E-state index in [0.717, 1.165) is 17.6 Å². The third-order valence-corrected chi connectivity index (χ3v) is 5.71. The fourth-order valence-electron chi connectivity index (χ4n) is 2.12. The standard InChI is InChI=1S/C14H22BrNO2S/c1-4-16(5-2)12(3)10-11-19(17,18)14-8-6-13(15)7-9-14/h6-9,12H,4-5,10-11H2,1-3H3. The first-order valence-corrected chi connectivity index (χ1v) is 9.07. The number of hydrogen-bond donors (Lipinski definition) is 0. The molecule has 0 saturated carbocycles. The molecule has 0 N–H and O–H groups in total. The minimum atomic E-state index is -3.17. The van der Waals surface area contributed by atoms with Crippen LogP contribution < -0.4 is 0 Å². The molecule has 0 aliphatic carbocycles. The predicted octanol–water partition coefficient (Wildman–Crippen LogP) is 3.34. The molecule has 0 aromatic heterocycles. The van der Waals surface area contributed by atoms with E-state index in [1.807, 2.05) is 0 Å². The van der Waals surface area contributed by atoms with Gasteiger partial charge in [-0.2, -0.15) is 0 Å². The second-order valence-electron chi connectivity index (χ2n) is 4.63. The number of hydrogen-bond acceptors (Lipinski definition) is 3. The maximum absolute atomic E-state index is 12.2. The van der Waals surface area contributed by atoms with Gasteiger partial charge in [0.25, 0.3) is 0 Å². The lowest BCUT2D eigenvalue weighted by atomic mass is 10.2. The molecule has 3 nitrogen and oxygen atoms in total. The highest BCUT2D eigenvalue weighted by molar-refractivity contribution is 9.10. The average Bonchev–Trinajstić information content (AvgIpc) is 2.38. The Kier molecular flexibility index (Phi) is 6.50. The number of halogens is 1. The summed E-state index contributed by atoms with van der Waals surface area (Å²) in [6, 6.07) is 7.13. The van der Waals surface area contributed by atoms with Crippen molar-refractivity contribution in [3.63, 3.8) is 0 Å². The van der Waals surface area contributed by atoms with Gasteiger partial charge in [0.05, 0.1) is 10.6 Å². The fourth-order valence-corrected chi connectivity index (χ4v) is 3.82. The van der Waals surface area contributed by atoms with Crippen molar-refractivity contribution < 1.29 is 8.42 Å². The van der Waals surface area contributed by atoms with Gasteiger partial charge in [0.1, 0.15) is 0 Å². The van der Waals surface area contributed by atoms with Crippen LogP contribution in [0.15, 0.2) is 33.6 Å². The smallest absolute Gasteiger partial charge is 0.178 e. The SMILES string of the molecule is CCN(CC)C(C)CCS(=O)(=O)c1ccc(Br)cc1. The van der Waals surface area contributed by atoms with Gasteiger partial charge in [-0.3, -0.25) is 0 Å². The van der Waals surface area contributed by atoms with Crippen LogP contribution in [0.2, 0.25) is 0 Å². The van der Waals surface area contributed by atoms with E-state index in [0.29, 0.717) is 17.4 Å². The largest absolute Gasteiger partial charge is 0.301 e. The summed E-state index contributed by atoms with van der Waals surface area (Å²) in [6.45, 7) is 8.20. The van der Waals surface area contributed by atoms with Gasteiger partial charge in [-0.1, -0.05) is 29.8 Å². The maximum Gasteiger partial charge on any atom is 0.178 e. The van der Waals surface area contributed by atoms with E-state index in [9.17, 15) is 8.42 Å². The molecular weight excluding hydrogens is 326 g/mol. The topological polar surface area (TPSA) is 37.4 Å². The fraction of sp³-hybridized carbons (Fsp3) is 0.571. The second kappa shape index (κ2) is 7.41. The molecular formula is C14H22BrNO2S. The van der Waals surface area contributed by atoms with Crippen molar-refractivity contribution in [1.29, 1.82) is 0 Å². The number of rotatable bonds is 7. The summed E-state index contributed by atoms with van der Waals surface area (Å²) in [4.78, 5) is 2.68. The van der Waals surface area contributed by atoms with Gasteiger partial charge in [0.2, 0.25) is 0 Å². The highest BCUT2D eigenvalue weighted by atomic mass is 79.9. The highest BCUT2D eigenvalue weighted by Crippen LogP contribution is 2.17. The Morgan fingerprint density at radius 3 is 2.16 bits per heavy atom. The van der Waals surface area contributed by atoms with Crippen LogP contribution in [0.5, 0.6) is 0 Å². The Morgan fingerprint density at radius 2 is 1.68 bits per heavy atom. The van der Waals surface area contributed by atoms with Crippen LogP contribution in [0.4, 0.5) is 0 Å². The van der Waals surface area contributed by atoms with E-state index in [1.54, 1.807) is 24.3 Å². The monoisotopic (exact) mass is 347 g/mol. The molecule has 0 fully saturated rings. The predicted molar refractivity (Wildman–Crippen MR) is 83.2 cm³/mol. The van der Waals surface area contributed by atoms with Gasteiger partial charge in [0, 0.05) is 10.5 Å². The summed E-state index contributed by atoms with van der Waals surface area (Å²) in [6.07, 6.45) is 0.667. The van der Waals surface area contributed by atoms with Crippen LogP contribution in [0.25, 0.3) is 0 Å². The summed E-state index contributed by atoms with van der Waals surface area (Å²) in [7, 11) is -3.17. The Balaban J connectivity index is 2.68. The van der Waals surface area contributed by atoms with Crippen molar-refractivity contribution in [3.8, 4) is 0 Å². The average molecular weight is 348 g/mol. The maximum atomic E-state index is 12.2. The molecule has 0 bridgehead atoms. The zero-order valence-electron chi connectivity index (χ0n) is 11.8. The Bertz CT molecular complexity index is 481. The zero-order chi connectivity index (χ0) is 14.5. The molecule has 0 radical (unpaired) electrons. The molecule has 0 aliphatic heterocycles. The molecule has 19 heavy (non-hydrogen) atoms. The van der Waals surface area contributed by atoms with Crippen LogP contribution in [-0.2, 0) is 9.84 Å². The molecule has 1 rings (SSSR count). The molecule has 1 aromatic rings. The molecule has 1 aromatic carbocycles. The van der Waals surface area contributed by atoms with Crippen LogP contribution in [0.3, 0.4) is 0 Å². The van der Waals surface area contributed by atoms with Crippen molar-refractivity contribution in [2.45, 2.75) is 38.1 Å². The molecule has 108 valence electrons. The van der Waals surface area contributed by atoms with Crippen molar-refractivity contribution in [2.75, 3.05) is 18.8 Å². The molecule has 0 aliphatic rings. The van der Waals surface area contributed by atoms with E-state index in [4.69, 9.17) is 0 Å². The van der Waals surface area contributed by atoms with Crippen molar-refractivity contribution >= 4 is 25.8 Å². The summed E-state index contributed by atoms with van der Waals surface area (Å²) < 4.78 is 25.3. The van der Waals surface area contributed by atoms with Crippen molar-refractivity contribution in [2.24, 2.45) is 0 Å². The first-order valence-electron chi connectivity index (χ1n) is 6.63. The quantitative estimate of drug-likeness (QED) is 0.758. The molecule has 0 spiro atoms. The van der Waals surface area contributed by atoms with Gasteiger partial charge >= 0.3 is 0 Å². The van der Waals surface area contributed by atoms with Gasteiger partial charge in [-0.15, -0.1) is 0 Å². The third kappa shape index (κ3) is 4.89. The second-order valence-corrected chi connectivity index (χ2v) is 7.66.